The summed E-state index contributed by atoms with van der Waals surface area (Å²) in [5.74, 6) is -1.13. The van der Waals surface area contributed by atoms with E-state index in [0.717, 1.165) is 11.1 Å². The molecule has 0 fully saturated rings. The molecule has 0 heterocycles. The number of Topliss-reactive ketones (excluding diaryl/α,β-unsaturated/α-hetero) is 1. The van der Waals surface area contributed by atoms with Crippen LogP contribution < -0.4 is 9.47 Å². The molecule has 0 N–H and O–H groups in total. The predicted octanol–water partition coefficient (Wildman–Crippen LogP) is 7.48. The third-order valence-electron chi connectivity index (χ3n) is 7.15. The average Bonchev–Trinajstić information content (AvgIpc) is 3.06. The third-order valence-corrected chi connectivity index (χ3v) is 7.15. The van der Waals surface area contributed by atoms with Gasteiger partial charge in [-0.1, -0.05) is 72.8 Å². The quantitative estimate of drug-likeness (QED) is 0.0828. The molecule has 0 aliphatic heterocycles. The number of ether oxygens (including phenoxy) is 3. The standard InChI is InChI=1S/C38H38N2O6/c1-26(2)46-36-19-17-30(22-33(36)39-3)34(41)23-31(38(43)45-25-28-14-10-7-11-15-28)20-29-16-18-35(32(21-29)37(42)40(4)5)44-24-27-12-8-6-9-13-27/h6-19,21-22,26,31H,20,23-25H2,1-2,4-5H3/t31-/m1/s1. The maximum atomic E-state index is 13.5. The number of ketones is 1. The van der Waals surface area contributed by atoms with Crippen molar-refractivity contribution in [2.24, 2.45) is 5.92 Å². The third kappa shape index (κ3) is 9.29. The molecular formula is C38H38N2O6. The van der Waals surface area contributed by atoms with Crippen molar-refractivity contribution >= 4 is 23.3 Å². The molecular weight excluding hydrogens is 580 g/mol. The predicted molar refractivity (Wildman–Crippen MR) is 176 cm³/mol. The molecule has 236 valence electrons. The summed E-state index contributed by atoms with van der Waals surface area (Å²) in [4.78, 5) is 45.2. The van der Waals surface area contributed by atoms with Crippen molar-refractivity contribution in [1.82, 2.24) is 4.90 Å². The van der Waals surface area contributed by atoms with Gasteiger partial charge in [0.05, 0.1) is 24.2 Å². The maximum Gasteiger partial charge on any atom is 0.310 e. The first-order valence-corrected chi connectivity index (χ1v) is 15.1. The first-order chi connectivity index (χ1) is 22.1. The zero-order valence-corrected chi connectivity index (χ0v) is 26.6. The molecule has 0 bridgehead atoms. The molecule has 4 rings (SSSR count). The summed E-state index contributed by atoms with van der Waals surface area (Å²) in [5, 5.41) is 0. The van der Waals surface area contributed by atoms with E-state index in [1.165, 1.54) is 11.0 Å². The minimum absolute atomic E-state index is 0.0596. The van der Waals surface area contributed by atoms with E-state index in [-0.39, 0.29) is 49.5 Å². The summed E-state index contributed by atoms with van der Waals surface area (Å²) in [5.41, 5.74) is 3.33. The molecule has 4 aromatic carbocycles. The number of carbonyl (C=O) groups is 3. The van der Waals surface area contributed by atoms with Crippen LogP contribution in [0, 0.1) is 12.5 Å². The molecule has 1 atom stereocenters. The molecule has 46 heavy (non-hydrogen) atoms. The van der Waals surface area contributed by atoms with Crippen molar-refractivity contribution in [3.05, 3.63) is 136 Å². The van der Waals surface area contributed by atoms with Gasteiger partial charge in [-0.15, -0.1) is 0 Å². The lowest BCUT2D eigenvalue weighted by molar-refractivity contribution is -0.149. The van der Waals surface area contributed by atoms with Crippen LogP contribution in [0.25, 0.3) is 4.85 Å². The Morgan fingerprint density at radius 1 is 0.783 bits per heavy atom. The number of amides is 1. The van der Waals surface area contributed by atoms with Crippen molar-refractivity contribution in [2.75, 3.05) is 14.1 Å². The van der Waals surface area contributed by atoms with Gasteiger partial charge in [0, 0.05) is 26.1 Å². The Morgan fingerprint density at radius 2 is 1.41 bits per heavy atom. The Balaban J connectivity index is 1.60. The largest absolute Gasteiger partial charge is 0.502 e. The lowest BCUT2D eigenvalue weighted by atomic mass is 9.91. The van der Waals surface area contributed by atoms with E-state index in [1.54, 1.807) is 44.4 Å². The number of esters is 1. The van der Waals surface area contributed by atoms with E-state index in [4.69, 9.17) is 20.8 Å². The summed E-state index contributed by atoms with van der Waals surface area (Å²) in [6.07, 6.45) is -0.139. The van der Waals surface area contributed by atoms with E-state index in [1.807, 2.05) is 74.5 Å². The number of carbonyl (C=O) groups excluding carboxylic acids is 3. The molecule has 4 aromatic rings. The maximum absolute atomic E-state index is 13.5. The fourth-order valence-electron chi connectivity index (χ4n) is 4.82. The molecule has 0 unspecified atom stereocenters. The van der Waals surface area contributed by atoms with Crippen LogP contribution in [-0.4, -0.2) is 42.8 Å². The zero-order valence-electron chi connectivity index (χ0n) is 26.6. The van der Waals surface area contributed by atoms with Gasteiger partial charge in [-0.25, -0.2) is 4.85 Å². The van der Waals surface area contributed by atoms with Gasteiger partial charge in [-0.3, -0.25) is 14.4 Å². The van der Waals surface area contributed by atoms with Gasteiger partial charge in [0.15, 0.2) is 5.78 Å². The summed E-state index contributed by atoms with van der Waals surface area (Å²) in [6, 6.07) is 28.9. The second kappa shape index (κ2) is 16.1. The van der Waals surface area contributed by atoms with E-state index in [2.05, 4.69) is 4.85 Å². The van der Waals surface area contributed by atoms with Crippen LogP contribution in [-0.2, 0) is 29.2 Å². The molecule has 8 nitrogen and oxygen atoms in total. The van der Waals surface area contributed by atoms with Gasteiger partial charge in [0.25, 0.3) is 5.91 Å². The van der Waals surface area contributed by atoms with E-state index < -0.39 is 11.9 Å². The van der Waals surface area contributed by atoms with Crippen molar-refractivity contribution < 1.29 is 28.6 Å². The fourth-order valence-corrected chi connectivity index (χ4v) is 4.82. The molecule has 0 aliphatic rings. The Labute approximate surface area is 270 Å². The van der Waals surface area contributed by atoms with Crippen molar-refractivity contribution in [3.63, 3.8) is 0 Å². The molecule has 0 spiro atoms. The van der Waals surface area contributed by atoms with Crippen molar-refractivity contribution in [3.8, 4) is 11.5 Å². The highest BCUT2D eigenvalue weighted by Crippen LogP contribution is 2.31. The summed E-state index contributed by atoms with van der Waals surface area (Å²) in [7, 11) is 3.32. The molecule has 0 aliphatic carbocycles. The second-order valence-electron chi connectivity index (χ2n) is 11.4. The van der Waals surface area contributed by atoms with Gasteiger partial charge in [-0.05, 0) is 61.2 Å². The first kappa shape index (κ1) is 33.5. The van der Waals surface area contributed by atoms with Crippen LogP contribution >= 0.6 is 0 Å². The number of hydrogen-bond acceptors (Lipinski definition) is 6. The fraction of sp³-hybridized carbons (Fsp3) is 0.263. The summed E-state index contributed by atoms with van der Waals surface area (Å²) < 4.78 is 17.4. The van der Waals surface area contributed by atoms with Crippen LogP contribution in [0.2, 0.25) is 0 Å². The second-order valence-corrected chi connectivity index (χ2v) is 11.4. The first-order valence-electron chi connectivity index (χ1n) is 15.1. The average molecular weight is 619 g/mol. The normalized spacial score (nSPS) is 11.3. The topological polar surface area (TPSA) is 86.5 Å². The van der Waals surface area contributed by atoms with Crippen LogP contribution in [0.15, 0.2) is 97.1 Å². The molecule has 0 radical (unpaired) electrons. The van der Waals surface area contributed by atoms with Gasteiger partial charge in [-0.2, -0.15) is 0 Å². The lowest BCUT2D eigenvalue weighted by Gasteiger charge is -2.19. The highest BCUT2D eigenvalue weighted by Gasteiger charge is 2.26. The number of benzene rings is 4. The molecule has 0 saturated carbocycles. The van der Waals surface area contributed by atoms with E-state index >= 15 is 0 Å². The highest BCUT2D eigenvalue weighted by atomic mass is 16.5. The smallest absolute Gasteiger partial charge is 0.310 e. The molecule has 0 saturated heterocycles. The van der Waals surface area contributed by atoms with Crippen LogP contribution in [0.4, 0.5) is 5.69 Å². The Hall–Kier alpha value is -5.42. The number of rotatable bonds is 14. The van der Waals surface area contributed by atoms with E-state index in [0.29, 0.717) is 28.2 Å². The number of nitrogens with zero attached hydrogens (tertiary/aromatic N) is 2. The minimum Gasteiger partial charge on any atom is -0.502 e. The van der Waals surface area contributed by atoms with Crippen LogP contribution in [0.5, 0.6) is 11.5 Å². The van der Waals surface area contributed by atoms with Gasteiger partial charge in [0.2, 0.25) is 5.69 Å². The summed E-state index contributed by atoms with van der Waals surface area (Å²) in [6.45, 7) is 11.6. The van der Waals surface area contributed by atoms with Crippen molar-refractivity contribution in [2.45, 2.75) is 46.0 Å². The van der Waals surface area contributed by atoms with Crippen molar-refractivity contribution in [1.29, 1.82) is 0 Å². The van der Waals surface area contributed by atoms with Gasteiger partial charge >= 0.3 is 5.97 Å². The Morgan fingerprint density at radius 3 is 2.02 bits per heavy atom. The van der Waals surface area contributed by atoms with Gasteiger partial charge in [0.1, 0.15) is 24.7 Å². The highest BCUT2D eigenvalue weighted by molar-refractivity contribution is 5.99. The lowest BCUT2D eigenvalue weighted by Crippen LogP contribution is -2.25. The summed E-state index contributed by atoms with van der Waals surface area (Å²) >= 11 is 0. The van der Waals surface area contributed by atoms with E-state index in [9.17, 15) is 14.4 Å². The Kier molecular flexibility index (Phi) is 11.7. The number of hydrogen-bond donors (Lipinski definition) is 0. The molecule has 8 heteroatoms. The molecule has 0 aromatic heterocycles. The van der Waals surface area contributed by atoms with Crippen LogP contribution in [0.3, 0.4) is 0 Å². The Bertz CT molecular complexity index is 1690. The SMILES string of the molecule is [C-]#[N+]c1cc(C(=O)C[C@@H](Cc2ccc(OCc3ccccc3)c(C(=O)N(C)C)c2)C(=O)OCc2ccccc2)ccc1OC(C)C. The van der Waals surface area contributed by atoms with Gasteiger partial charge < -0.3 is 19.1 Å². The minimum atomic E-state index is -0.849. The molecule has 1 amide bonds. The van der Waals surface area contributed by atoms with Crippen LogP contribution in [0.1, 0.15) is 57.7 Å². The monoisotopic (exact) mass is 618 g/mol. The zero-order chi connectivity index (χ0) is 33.1.